The lowest BCUT2D eigenvalue weighted by atomic mass is 10.2. The van der Waals surface area contributed by atoms with Crippen LogP contribution in [0.5, 0.6) is 5.75 Å². The van der Waals surface area contributed by atoms with Crippen molar-refractivity contribution in [2.24, 2.45) is 0 Å². The third-order valence-corrected chi connectivity index (χ3v) is 4.21. The van der Waals surface area contributed by atoms with Crippen LogP contribution in [0, 0.1) is 13.8 Å². The molecule has 0 amide bonds. The van der Waals surface area contributed by atoms with Gasteiger partial charge in [-0.1, -0.05) is 0 Å². The van der Waals surface area contributed by atoms with E-state index in [-0.39, 0.29) is 16.5 Å². The van der Waals surface area contributed by atoms with Crippen molar-refractivity contribution < 1.29 is 13.2 Å². The van der Waals surface area contributed by atoms with Crippen LogP contribution in [0.1, 0.15) is 11.3 Å². The van der Waals surface area contributed by atoms with Crippen LogP contribution in [0.15, 0.2) is 35.2 Å². The van der Waals surface area contributed by atoms with Gasteiger partial charge in [-0.25, -0.2) is 13.4 Å². The highest BCUT2D eigenvalue weighted by Crippen LogP contribution is 2.27. The molecule has 7 heteroatoms. The number of nitrogen functional groups attached to an aromatic ring is 1. The largest absolute Gasteiger partial charge is 0.495 e. The Labute approximate surface area is 124 Å². The molecule has 0 aliphatic heterocycles. The van der Waals surface area contributed by atoms with Gasteiger partial charge in [0.1, 0.15) is 16.5 Å². The number of benzene rings is 1. The van der Waals surface area contributed by atoms with Crippen molar-refractivity contribution in [1.82, 2.24) is 4.98 Å². The fourth-order valence-electron chi connectivity index (χ4n) is 1.99. The standard InChI is InChI=1S/C14H17N3O3S/c1-9-6-10(2)16-14(7-9)17-21(18,19)13-5-4-11(15)8-12(13)20-3/h4-8H,15H2,1-3H3,(H,16,17). The first-order chi connectivity index (χ1) is 9.81. The molecule has 0 aliphatic rings. The SMILES string of the molecule is COc1cc(N)ccc1S(=O)(=O)Nc1cc(C)cc(C)n1. The van der Waals surface area contributed by atoms with Gasteiger partial charge in [0.2, 0.25) is 0 Å². The molecule has 0 unspecified atom stereocenters. The fourth-order valence-corrected chi connectivity index (χ4v) is 3.14. The van der Waals surface area contributed by atoms with Crippen molar-refractivity contribution in [2.75, 3.05) is 17.6 Å². The molecular formula is C14H17N3O3S. The topological polar surface area (TPSA) is 94.3 Å². The van der Waals surface area contributed by atoms with Crippen LogP contribution in [0.25, 0.3) is 0 Å². The number of hydrogen-bond donors (Lipinski definition) is 2. The Morgan fingerprint density at radius 1 is 1.19 bits per heavy atom. The number of nitrogens with one attached hydrogen (secondary N) is 1. The third-order valence-electron chi connectivity index (χ3n) is 2.81. The summed E-state index contributed by atoms with van der Waals surface area (Å²) < 4.78 is 32.4. The number of anilines is 2. The maximum absolute atomic E-state index is 12.4. The van der Waals surface area contributed by atoms with Crippen LogP contribution in [0.3, 0.4) is 0 Å². The van der Waals surface area contributed by atoms with Gasteiger partial charge < -0.3 is 10.5 Å². The molecule has 3 N–H and O–H groups in total. The minimum atomic E-state index is -3.80. The lowest BCUT2D eigenvalue weighted by Gasteiger charge is -2.12. The molecule has 1 aromatic heterocycles. The van der Waals surface area contributed by atoms with Crippen LogP contribution in [-0.2, 0) is 10.0 Å². The molecule has 2 rings (SSSR count). The monoisotopic (exact) mass is 307 g/mol. The molecule has 0 atom stereocenters. The van der Waals surface area contributed by atoms with Gasteiger partial charge in [0, 0.05) is 17.4 Å². The van der Waals surface area contributed by atoms with Gasteiger partial charge in [0.25, 0.3) is 10.0 Å². The zero-order chi connectivity index (χ0) is 15.6. The van der Waals surface area contributed by atoms with Gasteiger partial charge in [-0.15, -0.1) is 0 Å². The first-order valence-corrected chi connectivity index (χ1v) is 7.72. The molecule has 0 fully saturated rings. The molecular weight excluding hydrogens is 290 g/mol. The number of rotatable bonds is 4. The van der Waals surface area contributed by atoms with E-state index < -0.39 is 10.0 Å². The molecule has 0 saturated heterocycles. The summed E-state index contributed by atoms with van der Waals surface area (Å²) in [6.07, 6.45) is 0. The van der Waals surface area contributed by atoms with E-state index in [2.05, 4.69) is 9.71 Å². The second-order valence-corrected chi connectivity index (χ2v) is 6.34. The summed E-state index contributed by atoms with van der Waals surface area (Å²) in [6.45, 7) is 3.67. The maximum atomic E-state index is 12.4. The number of aromatic nitrogens is 1. The second-order valence-electron chi connectivity index (χ2n) is 4.69. The van der Waals surface area contributed by atoms with E-state index in [0.717, 1.165) is 11.3 Å². The Hall–Kier alpha value is -2.28. The number of nitrogens with two attached hydrogens (primary N) is 1. The molecule has 21 heavy (non-hydrogen) atoms. The summed E-state index contributed by atoms with van der Waals surface area (Å²) >= 11 is 0. The summed E-state index contributed by atoms with van der Waals surface area (Å²) in [5, 5.41) is 0. The maximum Gasteiger partial charge on any atom is 0.266 e. The minimum absolute atomic E-state index is 0.0140. The van der Waals surface area contributed by atoms with E-state index in [9.17, 15) is 8.42 Å². The molecule has 112 valence electrons. The van der Waals surface area contributed by atoms with Crippen LogP contribution in [0.2, 0.25) is 0 Å². The highest BCUT2D eigenvalue weighted by Gasteiger charge is 2.20. The quantitative estimate of drug-likeness (QED) is 0.843. The van der Waals surface area contributed by atoms with Gasteiger partial charge in [-0.2, -0.15) is 0 Å². The predicted molar refractivity (Wildman–Crippen MR) is 81.9 cm³/mol. The van der Waals surface area contributed by atoms with Gasteiger partial charge in [0.15, 0.2) is 0 Å². The highest BCUT2D eigenvalue weighted by molar-refractivity contribution is 7.92. The van der Waals surface area contributed by atoms with Crippen molar-refractivity contribution in [2.45, 2.75) is 18.7 Å². The molecule has 0 bridgehead atoms. The second kappa shape index (κ2) is 5.61. The van der Waals surface area contributed by atoms with E-state index in [0.29, 0.717) is 5.69 Å². The summed E-state index contributed by atoms with van der Waals surface area (Å²) in [5.74, 6) is 0.457. The van der Waals surface area contributed by atoms with Crippen LogP contribution >= 0.6 is 0 Å². The first kappa shape index (κ1) is 15.1. The van der Waals surface area contributed by atoms with Gasteiger partial charge >= 0.3 is 0 Å². The van der Waals surface area contributed by atoms with Crippen molar-refractivity contribution >= 4 is 21.5 Å². The summed E-state index contributed by atoms with van der Waals surface area (Å²) in [4.78, 5) is 4.18. The smallest absolute Gasteiger partial charge is 0.266 e. The molecule has 2 aromatic rings. The highest BCUT2D eigenvalue weighted by atomic mass is 32.2. The lowest BCUT2D eigenvalue weighted by Crippen LogP contribution is -2.15. The van der Waals surface area contributed by atoms with E-state index in [1.807, 2.05) is 13.0 Å². The average molecular weight is 307 g/mol. The molecule has 1 heterocycles. The minimum Gasteiger partial charge on any atom is -0.495 e. The molecule has 6 nitrogen and oxygen atoms in total. The molecule has 0 spiro atoms. The zero-order valence-corrected chi connectivity index (χ0v) is 12.9. The normalized spacial score (nSPS) is 11.2. The van der Waals surface area contributed by atoms with Crippen molar-refractivity contribution in [3.8, 4) is 5.75 Å². The number of methoxy groups -OCH3 is 1. The number of aryl methyl sites for hydroxylation is 2. The van der Waals surface area contributed by atoms with E-state index in [4.69, 9.17) is 10.5 Å². The summed E-state index contributed by atoms with van der Waals surface area (Å²) in [6, 6.07) is 7.89. The van der Waals surface area contributed by atoms with Gasteiger partial charge in [0.05, 0.1) is 7.11 Å². The Morgan fingerprint density at radius 2 is 1.90 bits per heavy atom. The number of ether oxygens (including phenoxy) is 1. The van der Waals surface area contributed by atoms with Gasteiger partial charge in [-0.3, -0.25) is 4.72 Å². The lowest BCUT2D eigenvalue weighted by molar-refractivity contribution is 0.403. The van der Waals surface area contributed by atoms with Crippen molar-refractivity contribution in [3.63, 3.8) is 0 Å². The number of sulfonamides is 1. The van der Waals surface area contributed by atoms with E-state index in [1.165, 1.54) is 25.3 Å². The number of hydrogen-bond acceptors (Lipinski definition) is 5. The Balaban J connectivity index is 2.43. The zero-order valence-electron chi connectivity index (χ0n) is 12.0. The van der Waals surface area contributed by atoms with Crippen molar-refractivity contribution in [1.29, 1.82) is 0 Å². The third kappa shape index (κ3) is 3.43. The summed E-state index contributed by atoms with van der Waals surface area (Å²) in [5.41, 5.74) is 7.71. The first-order valence-electron chi connectivity index (χ1n) is 6.23. The van der Waals surface area contributed by atoms with Crippen LogP contribution in [0.4, 0.5) is 11.5 Å². The molecule has 0 radical (unpaired) electrons. The molecule has 0 aliphatic carbocycles. The number of pyridine rings is 1. The fraction of sp³-hybridized carbons (Fsp3) is 0.214. The predicted octanol–water partition coefficient (Wildman–Crippen LogP) is 2.09. The average Bonchev–Trinajstić information content (AvgIpc) is 2.36. The van der Waals surface area contributed by atoms with Crippen LogP contribution in [-0.4, -0.2) is 20.5 Å². The molecule has 0 saturated carbocycles. The Bertz CT molecular complexity index is 753. The van der Waals surface area contributed by atoms with Crippen molar-refractivity contribution in [3.05, 3.63) is 41.6 Å². The van der Waals surface area contributed by atoms with Gasteiger partial charge in [-0.05, 0) is 43.7 Å². The number of nitrogens with zero attached hydrogens (tertiary/aromatic N) is 1. The van der Waals surface area contributed by atoms with E-state index >= 15 is 0 Å². The van der Waals surface area contributed by atoms with Crippen LogP contribution < -0.4 is 15.2 Å². The van der Waals surface area contributed by atoms with E-state index in [1.54, 1.807) is 13.0 Å². The molecule has 1 aromatic carbocycles. The Morgan fingerprint density at radius 3 is 2.52 bits per heavy atom. The Kier molecular flexibility index (Phi) is 4.04. The summed E-state index contributed by atoms with van der Waals surface area (Å²) in [7, 11) is -2.41.